The van der Waals surface area contributed by atoms with Crippen molar-refractivity contribution in [1.29, 1.82) is 0 Å². The number of nitrogens with zero attached hydrogens (tertiary/aromatic N) is 3. The van der Waals surface area contributed by atoms with Gasteiger partial charge in [0.15, 0.2) is 0 Å². The number of aliphatic hydroxyl groups is 2. The van der Waals surface area contributed by atoms with Crippen molar-refractivity contribution in [3.63, 3.8) is 0 Å². The lowest BCUT2D eigenvalue weighted by Gasteiger charge is -2.25. The Hall–Kier alpha value is -2.85. The summed E-state index contributed by atoms with van der Waals surface area (Å²) >= 11 is 12.3. The van der Waals surface area contributed by atoms with Crippen LogP contribution in [-0.4, -0.2) is 43.6 Å². The third kappa shape index (κ3) is 6.64. The lowest BCUT2D eigenvalue weighted by atomic mass is 9.93. The second-order valence-electron chi connectivity index (χ2n) is 8.86. The maximum Gasteiger partial charge on any atom is 0.354 e. The summed E-state index contributed by atoms with van der Waals surface area (Å²) in [4.78, 5) is 30.4. The number of hydrogen-bond acceptors (Lipinski definition) is 7. The molecule has 11 heteroatoms. The molecular weight excluding hydrogens is 495 g/mol. The number of rotatable bonds is 10. The number of aromatic nitrogens is 3. The van der Waals surface area contributed by atoms with Crippen LogP contribution in [0.15, 0.2) is 52.1 Å². The number of ether oxygens (including phenoxy) is 1. The minimum Gasteiger partial charge on any atom is -0.489 e. The molecule has 0 bridgehead atoms. The van der Waals surface area contributed by atoms with Gasteiger partial charge >= 0.3 is 11.4 Å². The fraction of sp³-hybridized carbons (Fsp3) is 0.375. The first-order valence-corrected chi connectivity index (χ1v) is 11.7. The third-order valence-corrected chi connectivity index (χ3v) is 5.81. The average molecular weight is 523 g/mol. The molecule has 3 N–H and O–H groups in total. The zero-order valence-corrected chi connectivity index (χ0v) is 21.2. The molecule has 0 aliphatic heterocycles. The largest absolute Gasteiger partial charge is 0.489 e. The number of anilines is 2. The van der Waals surface area contributed by atoms with Crippen molar-refractivity contribution >= 4 is 34.8 Å². The number of hydrogen-bond donors (Lipinski definition) is 3. The molecule has 35 heavy (non-hydrogen) atoms. The normalized spacial score (nSPS) is 11.7. The van der Waals surface area contributed by atoms with E-state index in [9.17, 15) is 19.8 Å². The molecule has 9 nitrogen and oxygen atoms in total. The molecule has 2 aromatic carbocycles. The Morgan fingerprint density at radius 1 is 1.06 bits per heavy atom. The summed E-state index contributed by atoms with van der Waals surface area (Å²) < 4.78 is 7.85. The maximum absolute atomic E-state index is 13.4. The molecule has 0 fully saturated rings. The van der Waals surface area contributed by atoms with Crippen molar-refractivity contribution in [2.24, 2.45) is 5.41 Å². The van der Waals surface area contributed by atoms with Gasteiger partial charge in [0.1, 0.15) is 5.75 Å². The van der Waals surface area contributed by atoms with Crippen molar-refractivity contribution in [2.75, 3.05) is 18.5 Å². The molecule has 0 spiro atoms. The number of aliphatic hydroxyl groups excluding tert-OH is 2. The van der Waals surface area contributed by atoms with Gasteiger partial charge in [-0.1, -0.05) is 42.3 Å². The van der Waals surface area contributed by atoms with E-state index in [1.54, 1.807) is 49.4 Å². The van der Waals surface area contributed by atoms with Crippen LogP contribution in [0.5, 0.6) is 5.75 Å². The predicted molar refractivity (Wildman–Crippen MR) is 136 cm³/mol. The van der Waals surface area contributed by atoms with E-state index in [0.717, 1.165) is 10.1 Å². The topological polar surface area (TPSA) is 119 Å². The summed E-state index contributed by atoms with van der Waals surface area (Å²) in [7, 11) is 0. The fourth-order valence-electron chi connectivity index (χ4n) is 3.26. The minimum atomic E-state index is -1.09. The van der Waals surface area contributed by atoms with E-state index in [1.165, 1.54) is 4.57 Å². The van der Waals surface area contributed by atoms with E-state index >= 15 is 0 Å². The monoisotopic (exact) mass is 522 g/mol. The van der Waals surface area contributed by atoms with Crippen molar-refractivity contribution in [3.05, 3.63) is 79.0 Å². The van der Waals surface area contributed by atoms with E-state index in [4.69, 9.17) is 27.9 Å². The van der Waals surface area contributed by atoms with Gasteiger partial charge in [-0.3, -0.25) is 4.57 Å². The Labute approximate surface area is 212 Å². The first-order valence-electron chi connectivity index (χ1n) is 11.0. The molecule has 0 aliphatic carbocycles. The molecule has 1 aromatic heterocycles. The SMILES string of the molecule is CC(C)Oc1ccc(Nc2nc(=O)n(CC(C)(CO)CO)c(=O)n2Cc2ccc(Cl)cc2)cc1Cl. The summed E-state index contributed by atoms with van der Waals surface area (Å²) in [6.45, 7) is 4.37. The summed E-state index contributed by atoms with van der Waals surface area (Å²) in [5, 5.41) is 23.2. The molecule has 0 atom stereocenters. The van der Waals surface area contributed by atoms with Crippen LogP contribution in [0.1, 0.15) is 26.3 Å². The molecule has 0 aliphatic rings. The van der Waals surface area contributed by atoms with Crippen LogP contribution < -0.4 is 21.4 Å². The van der Waals surface area contributed by atoms with E-state index in [2.05, 4.69) is 10.3 Å². The third-order valence-electron chi connectivity index (χ3n) is 5.26. The Bertz CT molecular complexity index is 1280. The van der Waals surface area contributed by atoms with Gasteiger partial charge < -0.3 is 20.3 Å². The van der Waals surface area contributed by atoms with Crippen LogP contribution in [-0.2, 0) is 13.1 Å². The van der Waals surface area contributed by atoms with Gasteiger partial charge in [-0.05, 0) is 49.7 Å². The summed E-state index contributed by atoms with van der Waals surface area (Å²) in [6, 6.07) is 11.9. The average Bonchev–Trinajstić information content (AvgIpc) is 2.82. The highest BCUT2D eigenvalue weighted by molar-refractivity contribution is 6.32. The maximum atomic E-state index is 13.4. The Kier molecular flexibility index (Phi) is 8.60. The quantitative estimate of drug-likeness (QED) is 0.373. The van der Waals surface area contributed by atoms with Gasteiger partial charge in [0.2, 0.25) is 5.95 Å². The van der Waals surface area contributed by atoms with Crippen molar-refractivity contribution in [1.82, 2.24) is 14.1 Å². The highest BCUT2D eigenvalue weighted by atomic mass is 35.5. The summed E-state index contributed by atoms with van der Waals surface area (Å²) in [5.41, 5.74) is -1.31. The first-order chi connectivity index (χ1) is 16.5. The second-order valence-corrected chi connectivity index (χ2v) is 9.71. The van der Waals surface area contributed by atoms with E-state index in [-0.39, 0.29) is 25.1 Å². The second kappa shape index (κ2) is 11.3. The number of nitrogens with one attached hydrogen (secondary N) is 1. The predicted octanol–water partition coefficient (Wildman–Crippen LogP) is 3.28. The summed E-state index contributed by atoms with van der Waals surface area (Å²) in [5.74, 6) is 0.510. The van der Waals surface area contributed by atoms with Gasteiger partial charge in [0, 0.05) is 22.7 Å². The van der Waals surface area contributed by atoms with Crippen LogP contribution in [0.4, 0.5) is 11.6 Å². The van der Waals surface area contributed by atoms with E-state index in [1.807, 2.05) is 13.8 Å². The molecule has 1 heterocycles. The lowest BCUT2D eigenvalue weighted by molar-refractivity contribution is 0.0528. The molecule has 3 rings (SSSR count). The summed E-state index contributed by atoms with van der Waals surface area (Å²) in [6.07, 6.45) is -0.0614. The van der Waals surface area contributed by atoms with Crippen LogP contribution in [0.3, 0.4) is 0 Å². The van der Waals surface area contributed by atoms with Gasteiger partial charge in [-0.2, -0.15) is 4.98 Å². The molecule has 188 valence electrons. The van der Waals surface area contributed by atoms with E-state index in [0.29, 0.717) is 21.5 Å². The smallest absolute Gasteiger partial charge is 0.354 e. The van der Waals surface area contributed by atoms with Gasteiger partial charge in [-0.25, -0.2) is 14.2 Å². The molecule has 0 unspecified atom stereocenters. The zero-order valence-electron chi connectivity index (χ0n) is 19.7. The number of halogens is 2. The van der Waals surface area contributed by atoms with Crippen molar-refractivity contribution in [2.45, 2.75) is 40.0 Å². The highest BCUT2D eigenvalue weighted by Crippen LogP contribution is 2.29. The van der Waals surface area contributed by atoms with Gasteiger partial charge in [0.05, 0.1) is 30.9 Å². The van der Waals surface area contributed by atoms with Crippen molar-refractivity contribution < 1.29 is 14.9 Å². The van der Waals surface area contributed by atoms with Crippen LogP contribution in [0, 0.1) is 5.41 Å². The zero-order chi connectivity index (χ0) is 25.8. The Morgan fingerprint density at radius 2 is 1.71 bits per heavy atom. The molecule has 0 amide bonds. The molecule has 0 radical (unpaired) electrons. The molecule has 0 saturated carbocycles. The Morgan fingerprint density at radius 3 is 2.29 bits per heavy atom. The van der Waals surface area contributed by atoms with Gasteiger partial charge in [0.25, 0.3) is 0 Å². The fourth-order valence-corrected chi connectivity index (χ4v) is 3.62. The minimum absolute atomic E-state index is 0.00879. The highest BCUT2D eigenvalue weighted by Gasteiger charge is 2.26. The standard InChI is InChI=1S/C24H28Cl2N4O5/c1-15(2)35-20-9-8-18(10-19(20)26)27-21-28-22(33)30(12-24(3,13-31)14-32)23(34)29(21)11-16-4-6-17(25)7-5-16/h4-10,15,31-32H,11-14H2,1-3H3,(H,27,28,33). The van der Waals surface area contributed by atoms with Crippen LogP contribution in [0.25, 0.3) is 0 Å². The molecule has 0 saturated heterocycles. The Balaban J connectivity index is 2.07. The lowest BCUT2D eigenvalue weighted by Crippen LogP contribution is -2.47. The van der Waals surface area contributed by atoms with Crippen molar-refractivity contribution in [3.8, 4) is 5.75 Å². The molecular formula is C24H28Cl2N4O5. The van der Waals surface area contributed by atoms with Crippen LogP contribution >= 0.6 is 23.2 Å². The first kappa shape index (κ1) is 26.7. The van der Waals surface area contributed by atoms with E-state index < -0.39 is 30.0 Å². The van der Waals surface area contributed by atoms with Gasteiger partial charge in [-0.15, -0.1) is 0 Å². The molecule has 3 aromatic rings. The number of benzene rings is 2. The van der Waals surface area contributed by atoms with Crippen LogP contribution in [0.2, 0.25) is 10.0 Å².